The van der Waals surface area contributed by atoms with E-state index < -0.39 is 9.84 Å². The van der Waals surface area contributed by atoms with Gasteiger partial charge in [0.1, 0.15) is 5.76 Å². The molecule has 0 spiro atoms. The van der Waals surface area contributed by atoms with Gasteiger partial charge in [0.15, 0.2) is 9.84 Å². The topological polar surface area (TPSA) is 72.2 Å². The molecule has 0 aliphatic carbocycles. The Hall–Kier alpha value is -1.82. The standard InChI is InChI=1S/C14H18N2O3S/c1-3-12-9-16-14(19-12)10-15-11-5-7-13(8-6-11)20(17,18)4-2/h5-9,15H,3-4,10H2,1-2H3. The Bertz CT molecular complexity index is 660. The van der Waals surface area contributed by atoms with E-state index in [1.165, 1.54) is 0 Å². The third-order valence-corrected chi connectivity index (χ3v) is 4.74. The van der Waals surface area contributed by atoms with E-state index in [0.29, 0.717) is 17.3 Å². The summed E-state index contributed by atoms with van der Waals surface area (Å²) < 4.78 is 28.8. The van der Waals surface area contributed by atoms with Crippen molar-refractivity contribution >= 4 is 15.5 Å². The number of benzene rings is 1. The molecule has 0 amide bonds. The number of aromatic nitrogens is 1. The van der Waals surface area contributed by atoms with Crippen molar-refractivity contribution < 1.29 is 12.8 Å². The predicted octanol–water partition coefficient (Wildman–Crippen LogP) is 2.64. The quantitative estimate of drug-likeness (QED) is 0.886. The molecule has 2 rings (SSSR count). The second-order valence-electron chi connectivity index (χ2n) is 4.36. The highest BCUT2D eigenvalue weighted by atomic mass is 32.2. The fourth-order valence-electron chi connectivity index (χ4n) is 1.72. The van der Waals surface area contributed by atoms with Crippen LogP contribution in [0.2, 0.25) is 0 Å². The molecule has 1 N–H and O–H groups in total. The van der Waals surface area contributed by atoms with E-state index in [4.69, 9.17) is 4.42 Å². The second kappa shape index (κ2) is 6.09. The Morgan fingerprint density at radius 1 is 1.20 bits per heavy atom. The molecule has 0 atom stereocenters. The van der Waals surface area contributed by atoms with Crippen LogP contribution in [-0.2, 0) is 22.8 Å². The van der Waals surface area contributed by atoms with Crippen LogP contribution >= 0.6 is 0 Å². The molecule has 0 unspecified atom stereocenters. The van der Waals surface area contributed by atoms with Crippen molar-refractivity contribution in [2.24, 2.45) is 0 Å². The average molecular weight is 294 g/mol. The molecular weight excluding hydrogens is 276 g/mol. The first kappa shape index (κ1) is 14.6. The number of anilines is 1. The van der Waals surface area contributed by atoms with Gasteiger partial charge in [0.25, 0.3) is 0 Å². The molecule has 1 aromatic heterocycles. The van der Waals surface area contributed by atoms with Gasteiger partial charge in [-0.3, -0.25) is 0 Å². The molecule has 0 bridgehead atoms. The fraction of sp³-hybridized carbons (Fsp3) is 0.357. The lowest BCUT2D eigenvalue weighted by Crippen LogP contribution is -2.04. The first-order valence-electron chi connectivity index (χ1n) is 6.55. The van der Waals surface area contributed by atoms with Crippen molar-refractivity contribution in [3.63, 3.8) is 0 Å². The van der Waals surface area contributed by atoms with Crippen molar-refractivity contribution in [2.45, 2.75) is 31.7 Å². The first-order chi connectivity index (χ1) is 9.55. The third kappa shape index (κ3) is 3.39. The van der Waals surface area contributed by atoms with E-state index in [1.54, 1.807) is 37.4 Å². The van der Waals surface area contributed by atoms with E-state index in [0.717, 1.165) is 17.9 Å². The Kier molecular flexibility index (Phi) is 4.44. The largest absolute Gasteiger partial charge is 0.444 e. The number of sulfone groups is 1. The average Bonchev–Trinajstić information content (AvgIpc) is 2.93. The highest BCUT2D eigenvalue weighted by Crippen LogP contribution is 2.16. The lowest BCUT2D eigenvalue weighted by Gasteiger charge is -2.05. The van der Waals surface area contributed by atoms with Crippen molar-refractivity contribution in [1.82, 2.24) is 4.98 Å². The number of hydrogen-bond acceptors (Lipinski definition) is 5. The molecule has 0 fully saturated rings. The maximum Gasteiger partial charge on any atom is 0.213 e. The summed E-state index contributed by atoms with van der Waals surface area (Å²) in [7, 11) is -3.14. The normalized spacial score (nSPS) is 11.5. The monoisotopic (exact) mass is 294 g/mol. The van der Waals surface area contributed by atoms with Gasteiger partial charge in [0.05, 0.1) is 23.4 Å². The summed E-state index contributed by atoms with van der Waals surface area (Å²) in [5, 5.41) is 3.14. The van der Waals surface area contributed by atoms with Gasteiger partial charge in [-0.25, -0.2) is 13.4 Å². The molecule has 1 heterocycles. The van der Waals surface area contributed by atoms with Crippen LogP contribution in [-0.4, -0.2) is 19.2 Å². The van der Waals surface area contributed by atoms with Crippen molar-refractivity contribution in [3.8, 4) is 0 Å². The fourth-order valence-corrected chi connectivity index (χ4v) is 2.60. The summed E-state index contributed by atoms with van der Waals surface area (Å²) in [6.45, 7) is 4.11. The molecule has 0 aliphatic heterocycles. The number of rotatable bonds is 6. The molecule has 0 saturated carbocycles. The molecule has 2 aromatic rings. The number of oxazole rings is 1. The summed E-state index contributed by atoms with van der Waals surface area (Å²) in [6, 6.07) is 6.70. The van der Waals surface area contributed by atoms with Gasteiger partial charge in [0, 0.05) is 12.1 Å². The molecule has 0 saturated heterocycles. The summed E-state index contributed by atoms with van der Waals surface area (Å²) in [5.41, 5.74) is 0.830. The number of nitrogens with one attached hydrogen (secondary N) is 1. The van der Waals surface area contributed by atoms with Gasteiger partial charge in [-0.05, 0) is 24.3 Å². The summed E-state index contributed by atoms with van der Waals surface area (Å²) in [5.74, 6) is 1.58. The zero-order valence-electron chi connectivity index (χ0n) is 11.6. The molecule has 108 valence electrons. The number of aryl methyl sites for hydroxylation is 1. The van der Waals surface area contributed by atoms with Crippen LogP contribution in [0.25, 0.3) is 0 Å². The van der Waals surface area contributed by atoms with Crippen molar-refractivity contribution in [3.05, 3.63) is 42.1 Å². The summed E-state index contributed by atoms with van der Waals surface area (Å²) in [6.07, 6.45) is 2.53. The minimum absolute atomic E-state index is 0.107. The lowest BCUT2D eigenvalue weighted by atomic mass is 10.3. The molecule has 0 radical (unpaired) electrons. The Balaban J connectivity index is 2.00. The van der Waals surface area contributed by atoms with Crippen LogP contribution in [0.15, 0.2) is 39.8 Å². The van der Waals surface area contributed by atoms with Gasteiger partial charge < -0.3 is 9.73 Å². The van der Waals surface area contributed by atoms with Gasteiger partial charge >= 0.3 is 0 Å². The molecule has 20 heavy (non-hydrogen) atoms. The summed E-state index contributed by atoms with van der Waals surface area (Å²) in [4.78, 5) is 4.49. The summed E-state index contributed by atoms with van der Waals surface area (Å²) >= 11 is 0. The predicted molar refractivity (Wildman–Crippen MR) is 77.4 cm³/mol. The van der Waals surface area contributed by atoms with E-state index in [1.807, 2.05) is 6.92 Å². The first-order valence-corrected chi connectivity index (χ1v) is 8.20. The van der Waals surface area contributed by atoms with E-state index in [9.17, 15) is 8.42 Å². The molecule has 0 aliphatic rings. The molecule has 6 heteroatoms. The van der Waals surface area contributed by atoms with Crippen LogP contribution in [0, 0.1) is 0 Å². The minimum Gasteiger partial charge on any atom is -0.444 e. The highest BCUT2D eigenvalue weighted by molar-refractivity contribution is 7.91. The van der Waals surface area contributed by atoms with E-state index in [2.05, 4.69) is 10.3 Å². The third-order valence-electron chi connectivity index (χ3n) is 2.99. The van der Waals surface area contributed by atoms with E-state index in [-0.39, 0.29) is 5.75 Å². The van der Waals surface area contributed by atoms with Crippen molar-refractivity contribution in [2.75, 3.05) is 11.1 Å². The van der Waals surface area contributed by atoms with Crippen molar-refractivity contribution in [1.29, 1.82) is 0 Å². The molecular formula is C14H18N2O3S. The van der Waals surface area contributed by atoms with Crippen LogP contribution in [0.5, 0.6) is 0 Å². The Morgan fingerprint density at radius 2 is 1.90 bits per heavy atom. The molecule has 1 aromatic carbocycles. The maximum atomic E-state index is 11.7. The Labute approximate surface area is 119 Å². The maximum absolute atomic E-state index is 11.7. The van der Waals surface area contributed by atoms with Crippen LogP contribution in [0.3, 0.4) is 0 Å². The lowest BCUT2D eigenvalue weighted by molar-refractivity contribution is 0.466. The van der Waals surface area contributed by atoms with E-state index >= 15 is 0 Å². The zero-order chi connectivity index (χ0) is 14.6. The van der Waals surface area contributed by atoms with Gasteiger partial charge in [0.2, 0.25) is 5.89 Å². The van der Waals surface area contributed by atoms with Gasteiger partial charge in [-0.1, -0.05) is 13.8 Å². The second-order valence-corrected chi connectivity index (χ2v) is 6.63. The Morgan fingerprint density at radius 3 is 2.45 bits per heavy atom. The molecule has 5 nitrogen and oxygen atoms in total. The van der Waals surface area contributed by atoms with Crippen LogP contribution in [0.4, 0.5) is 5.69 Å². The van der Waals surface area contributed by atoms with Crippen LogP contribution in [0.1, 0.15) is 25.5 Å². The minimum atomic E-state index is -3.14. The smallest absolute Gasteiger partial charge is 0.213 e. The van der Waals surface area contributed by atoms with Gasteiger partial charge in [-0.2, -0.15) is 0 Å². The highest BCUT2D eigenvalue weighted by Gasteiger charge is 2.10. The number of nitrogens with zero attached hydrogens (tertiary/aromatic N) is 1. The van der Waals surface area contributed by atoms with Gasteiger partial charge in [-0.15, -0.1) is 0 Å². The SMILES string of the molecule is CCc1cnc(CNc2ccc(S(=O)(=O)CC)cc2)o1. The number of hydrogen-bond donors (Lipinski definition) is 1. The zero-order valence-corrected chi connectivity index (χ0v) is 12.4. The van der Waals surface area contributed by atoms with Crippen LogP contribution < -0.4 is 5.32 Å².